The highest BCUT2D eigenvalue weighted by Crippen LogP contribution is 2.22. The summed E-state index contributed by atoms with van der Waals surface area (Å²) in [5.74, 6) is 0.620. The highest BCUT2D eigenvalue weighted by molar-refractivity contribution is 5.78. The van der Waals surface area contributed by atoms with Crippen LogP contribution in [0.15, 0.2) is 24.3 Å². The quantitative estimate of drug-likeness (QED) is 0.844. The fourth-order valence-electron chi connectivity index (χ4n) is 2.80. The molecule has 1 heterocycles. The molecule has 1 fully saturated rings. The zero-order valence-electron chi connectivity index (χ0n) is 14.1. The zero-order chi connectivity index (χ0) is 15.9. The van der Waals surface area contributed by atoms with Crippen molar-refractivity contribution in [3.63, 3.8) is 0 Å². The van der Waals surface area contributed by atoms with Gasteiger partial charge in [-0.2, -0.15) is 0 Å². The maximum atomic E-state index is 12.1. The summed E-state index contributed by atoms with van der Waals surface area (Å²) in [5, 5.41) is 6.46. The van der Waals surface area contributed by atoms with Crippen molar-refractivity contribution in [3.05, 3.63) is 35.4 Å². The fourth-order valence-corrected chi connectivity index (χ4v) is 2.80. The molecule has 1 saturated heterocycles. The maximum absolute atomic E-state index is 12.1. The molecule has 0 radical (unpaired) electrons. The van der Waals surface area contributed by atoms with Gasteiger partial charge < -0.3 is 10.6 Å². The Kier molecular flexibility index (Phi) is 6.40. The van der Waals surface area contributed by atoms with Gasteiger partial charge in [0.2, 0.25) is 5.91 Å². The van der Waals surface area contributed by atoms with Gasteiger partial charge in [0, 0.05) is 32.2 Å². The van der Waals surface area contributed by atoms with Gasteiger partial charge in [0.1, 0.15) is 0 Å². The summed E-state index contributed by atoms with van der Waals surface area (Å²) in [6, 6.07) is 9.08. The molecule has 0 saturated carbocycles. The van der Waals surface area contributed by atoms with Crippen LogP contribution in [0.2, 0.25) is 0 Å². The number of carbonyl (C=O) groups excluding carboxylic acids is 1. The van der Waals surface area contributed by atoms with Gasteiger partial charge in [0.15, 0.2) is 0 Å². The molecule has 2 rings (SSSR count). The minimum absolute atomic E-state index is 0.130. The number of benzene rings is 1. The highest BCUT2D eigenvalue weighted by Gasteiger charge is 2.25. The first-order valence-electron chi connectivity index (χ1n) is 8.40. The topological polar surface area (TPSA) is 44.4 Å². The van der Waals surface area contributed by atoms with Crippen molar-refractivity contribution in [2.24, 2.45) is 5.92 Å². The van der Waals surface area contributed by atoms with Crippen molar-refractivity contribution in [1.82, 2.24) is 15.5 Å². The molecule has 1 aliphatic heterocycles. The van der Waals surface area contributed by atoms with Crippen molar-refractivity contribution in [1.29, 1.82) is 0 Å². The van der Waals surface area contributed by atoms with E-state index in [-0.39, 0.29) is 11.9 Å². The van der Waals surface area contributed by atoms with Gasteiger partial charge in [0.25, 0.3) is 0 Å². The van der Waals surface area contributed by atoms with Crippen LogP contribution >= 0.6 is 0 Å². The molecule has 0 aliphatic carbocycles. The number of amides is 1. The Morgan fingerprint density at radius 1 is 1.36 bits per heavy atom. The molecule has 2 N–H and O–H groups in total. The summed E-state index contributed by atoms with van der Waals surface area (Å²) in [5.41, 5.74) is 2.65. The van der Waals surface area contributed by atoms with Crippen molar-refractivity contribution in [2.75, 3.05) is 32.7 Å². The Balaban J connectivity index is 1.99. The molecule has 122 valence electrons. The molecule has 1 atom stereocenters. The van der Waals surface area contributed by atoms with Crippen LogP contribution in [-0.2, 0) is 11.2 Å². The summed E-state index contributed by atoms with van der Waals surface area (Å²) in [7, 11) is 0. The maximum Gasteiger partial charge on any atom is 0.234 e. The SMILES string of the molecule is CCc1ccc(C2CNCCN2CC(=O)NCC(C)C)cc1. The lowest BCUT2D eigenvalue weighted by Crippen LogP contribution is -2.49. The molecular weight excluding hydrogens is 274 g/mol. The van der Waals surface area contributed by atoms with Crippen LogP contribution in [0.25, 0.3) is 0 Å². The standard InChI is InChI=1S/C18H29N3O/c1-4-15-5-7-16(8-6-15)17-12-19-9-10-21(17)13-18(22)20-11-14(2)3/h5-8,14,17,19H,4,9-13H2,1-3H3,(H,20,22). The van der Waals surface area contributed by atoms with E-state index in [4.69, 9.17) is 0 Å². The van der Waals surface area contributed by atoms with E-state index in [9.17, 15) is 4.79 Å². The highest BCUT2D eigenvalue weighted by atomic mass is 16.2. The molecule has 1 aromatic carbocycles. The van der Waals surface area contributed by atoms with Crippen LogP contribution in [0.3, 0.4) is 0 Å². The predicted octanol–water partition coefficient (Wildman–Crippen LogP) is 1.97. The van der Waals surface area contributed by atoms with Gasteiger partial charge in [-0.1, -0.05) is 45.0 Å². The van der Waals surface area contributed by atoms with Crippen molar-refractivity contribution in [2.45, 2.75) is 33.2 Å². The predicted molar refractivity (Wildman–Crippen MR) is 90.9 cm³/mol. The van der Waals surface area contributed by atoms with Crippen LogP contribution in [0.1, 0.15) is 37.9 Å². The third-order valence-electron chi connectivity index (χ3n) is 4.18. The van der Waals surface area contributed by atoms with E-state index in [2.05, 4.69) is 60.6 Å². The second kappa shape index (κ2) is 8.30. The van der Waals surface area contributed by atoms with Gasteiger partial charge in [-0.3, -0.25) is 9.69 Å². The number of piperazine rings is 1. The number of nitrogens with zero attached hydrogens (tertiary/aromatic N) is 1. The molecule has 0 bridgehead atoms. The first-order valence-corrected chi connectivity index (χ1v) is 8.40. The molecule has 22 heavy (non-hydrogen) atoms. The Hall–Kier alpha value is -1.39. The van der Waals surface area contributed by atoms with Gasteiger partial charge in [-0.15, -0.1) is 0 Å². The monoisotopic (exact) mass is 303 g/mol. The summed E-state index contributed by atoms with van der Waals surface area (Å²) in [6.45, 7) is 10.4. The van der Waals surface area contributed by atoms with E-state index >= 15 is 0 Å². The third kappa shape index (κ3) is 4.82. The lowest BCUT2D eigenvalue weighted by atomic mass is 10.0. The van der Waals surface area contributed by atoms with Crippen molar-refractivity contribution in [3.8, 4) is 0 Å². The van der Waals surface area contributed by atoms with Crippen LogP contribution in [-0.4, -0.2) is 43.5 Å². The second-order valence-electron chi connectivity index (χ2n) is 6.48. The van der Waals surface area contributed by atoms with E-state index in [1.165, 1.54) is 11.1 Å². The number of aryl methyl sites for hydroxylation is 1. The van der Waals surface area contributed by atoms with E-state index < -0.39 is 0 Å². The van der Waals surface area contributed by atoms with Gasteiger partial charge in [-0.05, 0) is 23.5 Å². The van der Waals surface area contributed by atoms with E-state index in [1.54, 1.807) is 0 Å². The van der Waals surface area contributed by atoms with Crippen molar-refractivity contribution < 1.29 is 4.79 Å². The lowest BCUT2D eigenvalue weighted by molar-refractivity contribution is -0.123. The summed E-state index contributed by atoms with van der Waals surface area (Å²) >= 11 is 0. The average Bonchev–Trinajstić information content (AvgIpc) is 2.53. The van der Waals surface area contributed by atoms with E-state index in [0.717, 1.165) is 32.6 Å². The summed E-state index contributed by atoms with van der Waals surface area (Å²) in [6.07, 6.45) is 1.06. The Morgan fingerprint density at radius 2 is 2.09 bits per heavy atom. The molecule has 0 aromatic heterocycles. The number of carbonyl (C=O) groups is 1. The van der Waals surface area contributed by atoms with Gasteiger partial charge >= 0.3 is 0 Å². The Bertz CT molecular complexity index is 470. The molecular formula is C18H29N3O. The Morgan fingerprint density at radius 3 is 2.73 bits per heavy atom. The number of hydrogen-bond acceptors (Lipinski definition) is 3. The normalized spacial score (nSPS) is 19.4. The van der Waals surface area contributed by atoms with Gasteiger partial charge in [0.05, 0.1) is 6.54 Å². The summed E-state index contributed by atoms with van der Waals surface area (Å²) < 4.78 is 0. The lowest BCUT2D eigenvalue weighted by Gasteiger charge is -2.36. The molecule has 1 amide bonds. The number of nitrogens with one attached hydrogen (secondary N) is 2. The van der Waals surface area contributed by atoms with E-state index in [0.29, 0.717) is 12.5 Å². The minimum Gasteiger partial charge on any atom is -0.355 e. The first-order chi connectivity index (χ1) is 10.6. The largest absolute Gasteiger partial charge is 0.355 e. The molecule has 4 nitrogen and oxygen atoms in total. The van der Waals surface area contributed by atoms with Crippen LogP contribution < -0.4 is 10.6 Å². The molecule has 1 aromatic rings. The van der Waals surface area contributed by atoms with Crippen molar-refractivity contribution >= 4 is 5.91 Å². The second-order valence-corrected chi connectivity index (χ2v) is 6.48. The Labute approximate surface area is 134 Å². The minimum atomic E-state index is 0.130. The molecule has 4 heteroatoms. The smallest absolute Gasteiger partial charge is 0.234 e. The van der Waals surface area contributed by atoms with Gasteiger partial charge in [-0.25, -0.2) is 0 Å². The third-order valence-corrected chi connectivity index (χ3v) is 4.18. The van der Waals surface area contributed by atoms with Crippen LogP contribution in [0.5, 0.6) is 0 Å². The zero-order valence-corrected chi connectivity index (χ0v) is 14.1. The van der Waals surface area contributed by atoms with E-state index in [1.807, 2.05) is 0 Å². The number of hydrogen-bond donors (Lipinski definition) is 2. The summed E-state index contributed by atoms with van der Waals surface area (Å²) in [4.78, 5) is 14.4. The molecule has 1 unspecified atom stereocenters. The van der Waals surface area contributed by atoms with Crippen LogP contribution in [0.4, 0.5) is 0 Å². The van der Waals surface area contributed by atoms with Crippen LogP contribution in [0, 0.1) is 5.92 Å². The molecule has 0 spiro atoms. The average molecular weight is 303 g/mol. The fraction of sp³-hybridized carbons (Fsp3) is 0.611. The number of rotatable bonds is 6. The molecule has 1 aliphatic rings. The first kappa shape index (κ1) is 17.0.